The van der Waals surface area contributed by atoms with E-state index in [1.807, 2.05) is 0 Å². The number of hydrogen-bond donors (Lipinski definition) is 1. The molecule has 2 aliphatic rings. The van der Waals surface area contributed by atoms with Gasteiger partial charge in [0.2, 0.25) is 0 Å². The minimum absolute atomic E-state index is 0.313. The molecular formula is C16H23N3O2. The summed E-state index contributed by atoms with van der Waals surface area (Å²) in [5, 5.41) is 3.67. The van der Waals surface area contributed by atoms with Gasteiger partial charge in [0.25, 0.3) is 0 Å². The van der Waals surface area contributed by atoms with Gasteiger partial charge in [0, 0.05) is 25.3 Å². The third kappa shape index (κ3) is 3.53. The van der Waals surface area contributed by atoms with Gasteiger partial charge in [0.1, 0.15) is 11.4 Å². The van der Waals surface area contributed by atoms with E-state index in [1.54, 1.807) is 18.3 Å². The molecular weight excluding hydrogens is 266 g/mol. The number of esters is 1. The van der Waals surface area contributed by atoms with Gasteiger partial charge in [-0.15, -0.1) is 0 Å². The normalized spacial score (nSPS) is 19.6. The lowest BCUT2D eigenvalue weighted by atomic mass is 10.0. The number of hydrogen-bond acceptors (Lipinski definition) is 5. The van der Waals surface area contributed by atoms with Crippen molar-refractivity contribution in [1.29, 1.82) is 0 Å². The van der Waals surface area contributed by atoms with Crippen LogP contribution in [0.25, 0.3) is 0 Å². The summed E-state index contributed by atoms with van der Waals surface area (Å²) in [4.78, 5) is 18.4. The average molecular weight is 289 g/mol. The lowest BCUT2D eigenvalue weighted by Gasteiger charge is -2.34. The quantitative estimate of drug-likeness (QED) is 0.838. The fraction of sp³-hybridized carbons (Fsp3) is 0.625. The first-order valence-corrected chi connectivity index (χ1v) is 7.79. The molecule has 1 aliphatic carbocycles. The predicted molar refractivity (Wildman–Crippen MR) is 81.5 cm³/mol. The number of carbonyl (C=O) groups excluding carboxylic acids is 1. The maximum Gasteiger partial charge on any atom is 0.341 e. The SMILES string of the molecule is COC(=O)c1cccnc1N1CCC(NCC2CC2)CC1. The number of rotatable bonds is 5. The van der Waals surface area contributed by atoms with Crippen molar-refractivity contribution in [3.05, 3.63) is 23.9 Å². The van der Waals surface area contributed by atoms with E-state index in [0.717, 1.165) is 37.7 Å². The minimum Gasteiger partial charge on any atom is -0.465 e. The Morgan fingerprint density at radius 1 is 1.38 bits per heavy atom. The molecule has 0 amide bonds. The van der Waals surface area contributed by atoms with Gasteiger partial charge in [0.05, 0.1) is 7.11 Å². The minimum atomic E-state index is -0.313. The topological polar surface area (TPSA) is 54.5 Å². The second-order valence-corrected chi connectivity index (χ2v) is 5.98. The van der Waals surface area contributed by atoms with Crippen LogP contribution in [0.2, 0.25) is 0 Å². The Labute approximate surface area is 125 Å². The second kappa shape index (κ2) is 6.43. The van der Waals surface area contributed by atoms with Crippen molar-refractivity contribution in [1.82, 2.24) is 10.3 Å². The van der Waals surface area contributed by atoms with Gasteiger partial charge in [-0.05, 0) is 50.3 Å². The van der Waals surface area contributed by atoms with Crippen molar-refractivity contribution < 1.29 is 9.53 Å². The maximum absolute atomic E-state index is 11.8. The van der Waals surface area contributed by atoms with Crippen LogP contribution in [0.3, 0.4) is 0 Å². The highest BCUT2D eigenvalue weighted by molar-refractivity contribution is 5.94. The molecule has 2 heterocycles. The Kier molecular flexibility index (Phi) is 4.39. The predicted octanol–water partition coefficient (Wildman–Crippen LogP) is 1.84. The molecule has 0 radical (unpaired) electrons. The molecule has 5 nitrogen and oxygen atoms in total. The van der Waals surface area contributed by atoms with Gasteiger partial charge in [0.15, 0.2) is 0 Å². The Hall–Kier alpha value is -1.62. The zero-order valence-corrected chi connectivity index (χ0v) is 12.5. The maximum atomic E-state index is 11.8. The van der Waals surface area contributed by atoms with Crippen LogP contribution in [0.5, 0.6) is 0 Å². The van der Waals surface area contributed by atoms with Gasteiger partial charge >= 0.3 is 5.97 Å². The molecule has 2 fully saturated rings. The van der Waals surface area contributed by atoms with E-state index in [9.17, 15) is 4.79 Å². The number of piperidine rings is 1. The van der Waals surface area contributed by atoms with Crippen LogP contribution in [0, 0.1) is 5.92 Å². The highest BCUT2D eigenvalue weighted by Gasteiger charge is 2.26. The summed E-state index contributed by atoms with van der Waals surface area (Å²) >= 11 is 0. The van der Waals surface area contributed by atoms with E-state index in [4.69, 9.17) is 4.74 Å². The van der Waals surface area contributed by atoms with Gasteiger partial charge in [-0.25, -0.2) is 9.78 Å². The number of anilines is 1. The zero-order chi connectivity index (χ0) is 14.7. The van der Waals surface area contributed by atoms with Crippen molar-refractivity contribution in [2.75, 3.05) is 31.6 Å². The standard InChI is InChI=1S/C16H23N3O2/c1-21-16(20)14-3-2-8-17-15(14)19-9-6-13(7-10-19)18-11-12-4-5-12/h2-3,8,12-13,18H,4-7,9-11H2,1H3. The molecule has 1 aromatic rings. The highest BCUT2D eigenvalue weighted by Crippen LogP contribution is 2.28. The summed E-state index contributed by atoms with van der Waals surface area (Å²) in [5.41, 5.74) is 0.560. The Morgan fingerprint density at radius 3 is 2.81 bits per heavy atom. The van der Waals surface area contributed by atoms with Crippen molar-refractivity contribution >= 4 is 11.8 Å². The number of ether oxygens (including phenoxy) is 1. The molecule has 1 aromatic heterocycles. The van der Waals surface area contributed by atoms with Gasteiger partial charge < -0.3 is 15.0 Å². The molecule has 0 aromatic carbocycles. The summed E-state index contributed by atoms with van der Waals surface area (Å²) in [7, 11) is 1.41. The molecule has 0 bridgehead atoms. The lowest BCUT2D eigenvalue weighted by molar-refractivity contribution is 0.0601. The number of aromatic nitrogens is 1. The molecule has 0 unspecified atom stereocenters. The first-order chi connectivity index (χ1) is 10.3. The van der Waals surface area contributed by atoms with Gasteiger partial charge in [-0.2, -0.15) is 0 Å². The number of pyridine rings is 1. The van der Waals surface area contributed by atoms with Crippen LogP contribution in [0.4, 0.5) is 5.82 Å². The van der Waals surface area contributed by atoms with E-state index in [1.165, 1.54) is 26.5 Å². The Bertz CT molecular complexity index is 494. The monoisotopic (exact) mass is 289 g/mol. The molecule has 0 atom stereocenters. The number of nitrogens with zero attached hydrogens (tertiary/aromatic N) is 2. The molecule has 3 rings (SSSR count). The lowest BCUT2D eigenvalue weighted by Crippen LogP contribution is -2.43. The fourth-order valence-electron chi connectivity index (χ4n) is 2.87. The molecule has 5 heteroatoms. The van der Waals surface area contributed by atoms with Crippen LogP contribution in [-0.2, 0) is 4.74 Å². The van der Waals surface area contributed by atoms with Crippen molar-refractivity contribution in [2.24, 2.45) is 5.92 Å². The van der Waals surface area contributed by atoms with Crippen LogP contribution in [-0.4, -0.2) is 43.7 Å². The zero-order valence-electron chi connectivity index (χ0n) is 12.5. The molecule has 0 spiro atoms. The van der Waals surface area contributed by atoms with E-state index in [-0.39, 0.29) is 5.97 Å². The van der Waals surface area contributed by atoms with E-state index in [2.05, 4.69) is 15.2 Å². The average Bonchev–Trinajstić information content (AvgIpc) is 3.37. The Balaban J connectivity index is 1.59. The Morgan fingerprint density at radius 2 is 2.14 bits per heavy atom. The van der Waals surface area contributed by atoms with Crippen LogP contribution >= 0.6 is 0 Å². The van der Waals surface area contributed by atoms with Gasteiger partial charge in [-0.3, -0.25) is 0 Å². The van der Waals surface area contributed by atoms with E-state index >= 15 is 0 Å². The highest BCUT2D eigenvalue weighted by atomic mass is 16.5. The summed E-state index contributed by atoms with van der Waals surface area (Å²) in [6, 6.07) is 4.16. The van der Waals surface area contributed by atoms with Crippen LogP contribution in [0.15, 0.2) is 18.3 Å². The van der Waals surface area contributed by atoms with Crippen molar-refractivity contribution in [3.63, 3.8) is 0 Å². The molecule has 114 valence electrons. The fourth-order valence-corrected chi connectivity index (χ4v) is 2.87. The van der Waals surface area contributed by atoms with Crippen LogP contribution < -0.4 is 10.2 Å². The van der Waals surface area contributed by atoms with E-state index in [0.29, 0.717) is 11.6 Å². The summed E-state index contributed by atoms with van der Waals surface area (Å²) in [6.07, 6.45) is 6.72. The molecule has 1 aliphatic heterocycles. The van der Waals surface area contributed by atoms with Gasteiger partial charge in [-0.1, -0.05) is 0 Å². The van der Waals surface area contributed by atoms with Crippen molar-refractivity contribution in [3.8, 4) is 0 Å². The van der Waals surface area contributed by atoms with E-state index < -0.39 is 0 Å². The summed E-state index contributed by atoms with van der Waals surface area (Å²) < 4.78 is 4.84. The molecule has 21 heavy (non-hydrogen) atoms. The largest absolute Gasteiger partial charge is 0.465 e. The summed E-state index contributed by atoms with van der Waals surface area (Å²) in [5.74, 6) is 1.36. The van der Waals surface area contributed by atoms with Crippen molar-refractivity contribution in [2.45, 2.75) is 31.7 Å². The smallest absolute Gasteiger partial charge is 0.341 e. The number of methoxy groups -OCH3 is 1. The molecule has 1 saturated carbocycles. The third-order valence-electron chi connectivity index (χ3n) is 4.38. The third-order valence-corrected chi connectivity index (χ3v) is 4.38. The number of carbonyl (C=O) groups is 1. The summed E-state index contributed by atoms with van der Waals surface area (Å²) in [6.45, 7) is 3.04. The van der Waals surface area contributed by atoms with Crippen LogP contribution in [0.1, 0.15) is 36.0 Å². The number of nitrogens with one attached hydrogen (secondary N) is 1. The molecule has 1 saturated heterocycles. The first-order valence-electron chi connectivity index (χ1n) is 7.79. The second-order valence-electron chi connectivity index (χ2n) is 5.98. The first kappa shape index (κ1) is 14.3. The molecule has 1 N–H and O–H groups in total.